The first kappa shape index (κ1) is 29.8. The number of nitrogens with two attached hydrogens (primary N) is 1. The number of aliphatic hydroxyl groups excluding tert-OH is 1. The number of carbonyl (C=O) groups is 5. The number of aliphatic hydroxyl groups is 1. The number of hydrogen-bond donors (Lipinski definition) is 4. The lowest BCUT2D eigenvalue weighted by molar-refractivity contribution is -0.165. The van der Waals surface area contributed by atoms with Crippen LogP contribution in [0.2, 0.25) is 0 Å². The predicted octanol–water partition coefficient (Wildman–Crippen LogP) is 0.130. The quantitative estimate of drug-likeness (QED) is 0.275. The van der Waals surface area contributed by atoms with Crippen molar-refractivity contribution in [3.05, 3.63) is 24.4 Å². The lowest BCUT2D eigenvalue weighted by Crippen LogP contribution is -2.57. The highest BCUT2D eigenvalue weighted by molar-refractivity contribution is 5.95. The highest BCUT2D eigenvalue weighted by atomic mass is 16.5. The van der Waals surface area contributed by atoms with Crippen LogP contribution in [0.5, 0.6) is 0 Å². The highest BCUT2D eigenvalue weighted by Crippen LogP contribution is 2.24. The summed E-state index contributed by atoms with van der Waals surface area (Å²) in [6.45, 7) is 8.72. The minimum atomic E-state index is -2.08. The van der Waals surface area contributed by atoms with E-state index in [9.17, 15) is 29.1 Å². The number of ether oxygens (including phenoxy) is 1. The lowest BCUT2D eigenvalue weighted by atomic mass is 9.88. The average molecular weight is 495 g/mol. The molecule has 0 aliphatic carbocycles. The zero-order valence-corrected chi connectivity index (χ0v) is 20.9. The van der Waals surface area contributed by atoms with Crippen LogP contribution in [0.4, 0.5) is 0 Å². The first-order valence-electron chi connectivity index (χ1n) is 11.8. The molecule has 0 radical (unpaired) electrons. The van der Waals surface area contributed by atoms with E-state index >= 15 is 0 Å². The molecule has 1 aliphatic rings. The van der Waals surface area contributed by atoms with E-state index in [0.717, 1.165) is 36.7 Å². The Balaban J connectivity index is 3.33. The molecule has 11 heteroatoms. The fourth-order valence-electron chi connectivity index (χ4n) is 3.68. The molecule has 0 spiro atoms. The van der Waals surface area contributed by atoms with Gasteiger partial charge in [-0.1, -0.05) is 53.0 Å². The first-order chi connectivity index (χ1) is 16.4. The molecule has 196 valence electrons. The number of esters is 1. The van der Waals surface area contributed by atoms with Crippen LogP contribution in [-0.4, -0.2) is 71.4 Å². The summed E-state index contributed by atoms with van der Waals surface area (Å²) >= 11 is 0. The molecule has 1 aliphatic heterocycles. The predicted molar refractivity (Wildman–Crippen MR) is 128 cm³/mol. The van der Waals surface area contributed by atoms with Crippen LogP contribution in [0.1, 0.15) is 52.9 Å². The van der Waals surface area contributed by atoms with Gasteiger partial charge in [0.25, 0.3) is 0 Å². The summed E-state index contributed by atoms with van der Waals surface area (Å²) in [5.74, 6) is -5.37. The van der Waals surface area contributed by atoms with Crippen molar-refractivity contribution in [1.82, 2.24) is 15.5 Å². The Morgan fingerprint density at radius 3 is 2.51 bits per heavy atom. The Morgan fingerprint density at radius 2 is 1.91 bits per heavy atom. The minimum absolute atomic E-state index is 0.144. The van der Waals surface area contributed by atoms with E-state index in [2.05, 4.69) is 24.1 Å². The molecule has 0 aromatic heterocycles. The van der Waals surface area contributed by atoms with Gasteiger partial charge in [-0.2, -0.15) is 0 Å². The molecule has 5 N–H and O–H groups in total. The van der Waals surface area contributed by atoms with Gasteiger partial charge in [0.1, 0.15) is 6.10 Å². The fraction of sp³-hybridized carbons (Fsp3) is 0.625. The van der Waals surface area contributed by atoms with Crippen molar-refractivity contribution in [3.8, 4) is 0 Å². The van der Waals surface area contributed by atoms with Crippen LogP contribution in [0.25, 0.3) is 0 Å². The standard InChI is InChI=1S/C24H38N4O7/c1-6-7-8-9-10-14(2)21-16(4)23(33)26-15(3)11-12-18(30)28(5)13-17(29)27-19(24(34)35-21)20(31)22(25)32/h11-12,14,16,19-21,31H,3,6-10,13H2,1-2,4-5H3,(H2,25,32)(H,26,33)(H,27,29)/b12-11+. The number of amides is 4. The van der Waals surface area contributed by atoms with Crippen molar-refractivity contribution in [2.24, 2.45) is 17.6 Å². The molecule has 0 aromatic rings. The number of unbranched alkanes of at least 4 members (excludes halogenated alkanes) is 3. The number of rotatable bonds is 8. The molecule has 0 saturated carbocycles. The first-order valence-corrected chi connectivity index (χ1v) is 11.8. The Labute approximate surface area is 206 Å². The molecule has 35 heavy (non-hydrogen) atoms. The summed E-state index contributed by atoms with van der Waals surface area (Å²) < 4.78 is 5.63. The van der Waals surface area contributed by atoms with Gasteiger partial charge in [-0.05, 0) is 18.4 Å². The maximum Gasteiger partial charge on any atom is 0.332 e. The number of cyclic esters (lactones) is 1. The van der Waals surface area contributed by atoms with E-state index in [1.54, 1.807) is 6.92 Å². The second-order valence-electron chi connectivity index (χ2n) is 8.95. The van der Waals surface area contributed by atoms with Crippen LogP contribution in [-0.2, 0) is 28.7 Å². The van der Waals surface area contributed by atoms with E-state index in [4.69, 9.17) is 10.5 Å². The normalized spacial score (nSPS) is 25.5. The smallest absolute Gasteiger partial charge is 0.332 e. The summed E-state index contributed by atoms with van der Waals surface area (Å²) in [7, 11) is 1.34. The summed E-state index contributed by atoms with van der Waals surface area (Å²) in [5, 5.41) is 15.0. The Hall–Kier alpha value is -3.21. The van der Waals surface area contributed by atoms with Gasteiger partial charge in [-0.3, -0.25) is 19.2 Å². The number of carbonyl (C=O) groups excluding carboxylic acids is 5. The number of hydrogen-bond acceptors (Lipinski definition) is 7. The average Bonchev–Trinajstić information content (AvgIpc) is 2.80. The molecule has 4 amide bonds. The third-order valence-corrected chi connectivity index (χ3v) is 5.88. The lowest BCUT2D eigenvalue weighted by Gasteiger charge is -2.31. The molecular formula is C24H38N4O7. The third-order valence-electron chi connectivity index (χ3n) is 5.88. The second-order valence-corrected chi connectivity index (χ2v) is 8.95. The van der Waals surface area contributed by atoms with Gasteiger partial charge < -0.3 is 31.1 Å². The zero-order valence-electron chi connectivity index (χ0n) is 20.9. The monoisotopic (exact) mass is 494 g/mol. The van der Waals surface area contributed by atoms with Crippen molar-refractivity contribution >= 4 is 29.6 Å². The van der Waals surface area contributed by atoms with E-state index in [1.807, 2.05) is 6.92 Å². The van der Waals surface area contributed by atoms with Crippen molar-refractivity contribution in [3.63, 3.8) is 0 Å². The maximum atomic E-state index is 13.1. The molecule has 0 saturated heterocycles. The van der Waals surface area contributed by atoms with Gasteiger partial charge >= 0.3 is 5.97 Å². The van der Waals surface area contributed by atoms with Crippen molar-refractivity contribution in [2.45, 2.75) is 71.1 Å². The topological polar surface area (TPSA) is 168 Å². The van der Waals surface area contributed by atoms with E-state index in [0.29, 0.717) is 6.42 Å². The Kier molecular flexibility index (Phi) is 12.1. The summed E-state index contributed by atoms with van der Waals surface area (Å²) in [6.07, 6.45) is 4.00. The SMILES string of the molecule is C=C1/C=C/C(=O)N(C)CC(=O)NC(C(O)C(N)=O)C(=O)OC(C(C)CCCCCC)C(C)C(=O)N1. The van der Waals surface area contributed by atoms with E-state index < -0.39 is 60.3 Å². The van der Waals surface area contributed by atoms with Crippen LogP contribution >= 0.6 is 0 Å². The minimum Gasteiger partial charge on any atom is -0.460 e. The number of primary amides is 1. The van der Waals surface area contributed by atoms with Gasteiger partial charge in [0.2, 0.25) is 23.6 Å². The molecule has 11 nitrogen and oxygen atoms in total. The largest absolute Gasteiger partial charge is 0.460 e. The van der Waals surface area contributed by atoms with Crippen molar-refractivity contribution in [2.75, 3.05) is 13.6 Å². The van der Waals surface area contributed by atoms with Crippen LogP contribution in [0.15, 0.2) is 24.4 Å². The number of allylic oxidation sites excluding steroid dienone is 1. The molecule has 5 unspecified atom stereocenters. The third kappa shape index (κ3) is 9.51. The molecule has 0 bridgehead atoms. The van der Waals surface area contributed by atoms with E-state index in [-0.39, 0.29) is 11.6 Å². The molecular weight excluding hydrogens is 456 g/mol. The zero-order chi connectivity index (χ0) is 26.7. The van der Waals surface area contributed by atoms with Crippen LogP contribution < -0.4 is 16.4 Å². The van der Waals surface area contributed by atoms with E-state index in [1.165, 1.54) is 13.1 Å². The number of nitrogens with one attached hydrogen (secondary N) is 2. The second kappa shape index (κ2) is 14.2. The maximum absolute atomic E-state index is 13.1. The Morgan fingerprint density at radius 1 is 1.26 bits per heavy atom. The van der Waals surface area contributed by atoms with Gasteiger partial charge in [0.15, 0.2) is 12.1 Å². The van der Waals surface area contributed by atoms with Gasteiger partial charge in [-0.25, -0.2) is 4.79 Å². The molecule has 1 rings (SSSR count). The fourth-order valence-corrected chi connectivity index (χ4v) is 3.68. The van der Waals surface area contributed by atoms with Gasteiger partial charge in [0.05, 0.1) is 12.5 Å². The van der Waals surface area contributed by atoms with Crippen molar-refractivity contribution < 1.29 is 33.8 Å². The summed E-state index contributed by atoms with van der Waals surface area (Å²) in [5.41, 5.74) is 5.31. The van der Waals surface area contributed by atoms with Crippen LogP contribution in [0.3, 0.4) is 0 Å². The van der Waals surface area contributed by atoms with Gasteiger partial charge in [0, 0.05) is 18.8 Å². The van der Waals surface area contributed by atoms with Crippen molar-refractivity contribution in [1.29, 1.82) is 0 Å². The van der Waals surface area contributed by atoms with Gasteiger partial charge in [-0.15, -0.1) is 0 Å². The van der Waals surface area contributed by atoms with Crippen LogP contribution in [0, 0.1) is 11.8 Å². The molecule has 0 aromatic carbocycles. The summed E-state index contributed by atoms with van der Waals surface area (Å²) in [6, 6.07) is -1.82. The summed E-state index contributed by atoms with van der Waals surface area (Å²) in [4.78, 5) is 63.3. The number of likely N-dealkylation sites (N-methyl/N-ethyl adjacent to an activating group) is 1. The molecule has 0 fully saturated rings. The number of nitrogens with zero attached hydrogens (tertiary/aromatic N) is 1. The highest BCUT2D eigenvalue weighted by Gasteiger charge is 2.39. The Bertz CT molecular complexity index is 842. The molecule has 5 atom stereocenters. The molecule has 1 heterocycles.